The minimum atomic E-state index is -0.385. The SMILES string of the molecule is CCCC(CN)(CCC)C(=O)NC1CCCC1OC. The molecule has 4 nitrogen and oxygen atoms in total. The Morgan fingerprint density at radius 1 is 1.32 bits per heavy atom. The smallest absolute Gasteiger partial charge is 0.227 e. The molecule has 1 saturated carbocycles. The van der Waals surface area contributed by atoms with Crippen LogP contribution >= 0.6 is 0 Å². The number of nitrogens with one attached hydrogen (secondary N) is 1. The molecule has 1 fully saturated rings. The van der Waals surface area contributed by atoms with Gasteiger partial charge >= 0.3 is 0 Å². The minimum Gasteiger partial charge on any atom is -0.379 e. The first-order chi connectivity index (χ1) is 9.13. The van der Waals surface area contributed by atoms with Crippen LogP contribution < -0.4 is 11.1 Å². The van der Waals surface area contributed by atoms with Gasteiger partial charge in [-0.3, -0.25) is 4.79 Å². The lowest BCUT2D eigenvalue weighted by molar-refractivity contribution is -0.133. The van der Waals surface area contributed by atoms with Crippen molar-refractivity contribution in [2.45, 2.75) is 70.9 Å². The van der Waals surface area contributed by atoms with E-state index in [2.05, 4.69) is 19.2 Å². The number of amides is 1. The van der Waals surface area contributed by atoms with Crippen LogP contribution in [0.3, 0.4) is 0 Å². The van der Waals surface area contributed by atoms with Crippen LogP contribution in [0.15, 0.2) is 0 Å². The molecule has 1 aliphatic carbocycles. The van der Waals surface area contributed by atoms with Gasteiger partial charge in [-0.25, -0.2) is 0 Å². The predicted octanol–water partition coefficient (Wildman–Crippen LogP) is 2.22. The third-order valence-electron chi connectivity index (χ3n) is 4.40. The Morgan fingerprint density at radius 2 is 1.95 bits per heavy atom. The van der Waals surface area contributed by atoms with Crippen LogP contribution in [-0.4, -0.2) is 31.7 Å². The van der Waals surface area contributed by atoms with Gasteiger partial charge in [-0.05, 0) is 32.1 Å². The Balaban J connectivity index is 2.70. The van der Waals surface area contributed by atoms with Crippen LogP contribution in [0, 0.1) is 5.41 Å². The Bertz CT molecular complexity index is 275. The summed E-state index contributed by atoms with van der Waals surface area (Å²) in [4.78, 5) is 12.6. The average Bonchev–Trinajstić information content (AvgIpc) is 2.85. The van der Waals surface area contributed by atoms with Gasteiger partial charge in [0.25, 0.3) is 0 Å². The number of rotatable bonds is 8. The number of carbonyl (C=O) groups excluding carboxylic acids is 1. The molecule has 112 valence electrons. The third kappa shape index (κ3) is 3.93. The maximum absolute atomic E-state index is 12.6. The molecule has 2 unspecified atom stereocenters. The van der Waals surface area contributed by atoms with Crippen molar-refractivity contribution in [2.75, 3.05) is 13.7 Å². The van der Waals surface area contributed by atoms with E-state index in [1.54, 1.807) is 7.11 Å². The fourth-order valence-corrected chi connectivity index (χ4v) is 3.30. The highest BCUT2D eigenvalue weighted by atomic mass is 16.5. The van der Waals surface area contributed by atoms with Gasteiger partial charge in [0.2, 0.25) is 5.91 Å². The lowest BCUT2D eigenvalue weighted by atomic mass is 9.78. The van der Waals surface area contributed by atoms with Gasteiger partial charge in [-0.15, -0.1) is 0 Å². The molecule has 1 aliphatic rings. The molecule has 3 N–H and O–H groups in total. The van der Waals surface area contributed by atoms with Crippen molar-refractivity contribution in [1.82, 2.24) is 5.32 Å². The Labute approximate surface area is 117 Å². The lowest BCUT2D eigenvalue weighted by Crippen LogP contribution is -2.51. The summed E-state index contributed by atoms with van der Waals surface area (Å²) in [6, 6.07) is 0.164. The summed E-state index contributed by atoms with van der Waals surface area (Å²) < 4.78 is 5.44. The van der Waals surface area contributed by atoms with E-state index in [1.165, 1.54) is 0 Å². The first kappa shape index (κ1) is 16.4. The van der Waals surface area contributed by atoms with E-state index in [-0.39, 0.29) is 23.5 Å². The second kappa shape index (κ2) is 7.85. The van der Waals surface area contributed by atoms with Crippen molar-refractivity contribution in [3.05, 3.63) is 0 Å². The first-order valence-corrected chi connectivity index (χ1v) is 7.67. The molecular weight excluding hydrogens is 240 g/mol. The highest BCUT2D eigenvalue weighted by Crippen LogP contribution is 2.30. The van der Waals surface area contributed by atoms with Crippen molar-refractivity contribution in [3.63, 3.8) is 0 Å². The number of hydrogen-bond acceptors (Lipinski definition) is 3. The summed E-state index contributed by atoms with van der Waals surface area (Å²) in [5, 5.41) is 3.20. The molecule has 4 heteroatoms. The zero-order valence-corrected chi connectivity index (χ0v) is 12.7. The largest absolute Gasteiger partial charge is 0.379 e. The van der Waals surface area contributed by atoms with Gasteiger partial charge < -0.3 is 15.8 Å². The molecule has 1 rings (SSSR count). The molecule has 0 aliphatic heterocycles. The summed E-state index contributed by atoms with van der Waals surface area (Å²) >= 11 is 0. The molecule has 0 aromatic heterocycles. The first-order valence-electron chi connectivity index (χ1n) is 7.67. The zero-order valence-electron chi connectivity index (χ0n) is 12.7. The summed E-state index contributed by atoms with van der Waals surface area (Å²) in [7, 11) is 1.73. The normalized spacial score (nSPS) is 23.6. The van der Waals surface area contributed by atoms with E-state index >= 15 is 0 Å². The van der Waals surface area contributed by atoms with Gasteiger partial charge in [0.05, 0.1) is 17.6 Å². The van der Waals surface area contributed by atoms with Crippen LogP contribution in [0.5, 0.6) is 0 Å². The summed E-state index contributed by atoms with van der Waals surface area (Å²) in [6.45, 7) is 4.66. The maximum atomic E-state index is 12.6. The second-order valence-corrected chi connectivity index (χ2v) is 5.77. The fourth-order valence-electron chi connectivity index (χ4n) is 3.30. The zero-order chi connectivity index (χ0) is 14.3. The molecule has 0 aromatic rings. The van der Waals surface area contributed by atoms with Crippen LogP contribution in [0.25, 0.3) is 0 Å². The third-order valence-corrected chi connectivity index (χ3v) is 4.40. The van der Waals surface area contributed by atoms with E-state index in [4.69, 9.17) is 10.5 Å². The molecule has 0 saturated heterocycles. The summed E-state index contributed by atoms with van der Waals surface area (Å²) in [6.07, 6.45) is 7.07. The monoisotopic (exact) mass is 270 g/mol. The Hall–Kier alpha value is -0.610. The standard InChI is InChI=1S/C15H30N2O2/c1-4-9-15(11-16,10-5-2)14(18)17-12-7-6-8-13(12)19-3/h12-13H,4-11,16H2,1-3H3,(H,17,18). The molecule has 2 atom stereocenters. The Kier molecular flexibility index (Phi) is 6.80. The van der Waals surface area contributed by atoms with Crippen LogP contribution in [0.1, 0.15) is 58.8 Å². The minimum absolute atomic E-state index is 0.132. The number of ether oxygens (including phenoxy) is 1. The maximum Gasteiger partial charge on any atom is 0.227 e. The number of carbonyl (C=O) groups is 1. The van der Waals surface area contributed by atoms with Gasteiger partial charge in [0, 0.05) is 13.7 Å². The van der Waals surface area contributed by atoms with E-state index in [0.29, 0.717) is 6.54 Å². The average molecular weight is 270 g/mol. The van der Waals surface area contributed by atoms with Crippen LogP contribution in [-0.2, 0) is 9.53 Å². The Morgan fingerprint density at radius 3 is 2.42 bits per heavy atom. The van der Waals surface area contributed by atoms with Crippen molar-refractivity contribution < 1.29 is 9.53 Å². The predicted molar refractivity (Wildman–Crippen MR) is 77.9 cm³/mol. The lowest BCUT2D eigenvalue weighted by Gasteiger charge is -2.33. The van der Waals surface area contributed by atoms with E-state index in [0.717, 1.165) is 44.9 Å². The molecule has 0 radical (unpaired) electrons. The van der Waals surface area contributed by atoms with Crippen molar-refractivity contribution in [2.24, 2.45) is 11.1 Å². The molecule has 0 heterocycles. The van der Waals surface area contributed by atoms with Crippen LogP contribution in [0.2, 0.25) is 0 Å². The van der Waals surface area contributed by atoms with Crippen molar-refractivity contribution in [3.8, 4) is 0 Å². The van der Waals surface area contributed by atoms with Gasteiger partial charge in [0.1, 0.15) is 0 Å². The molecule has 1 amide bonds. The number of methoxy groups -OCH3 is 1. The highest BCUT2D eigenvalue weighted by Gasteiger charge is 2.38. The molecular formula is C15H30N2O2. The van der Waals surface area contributed by atoms with Gasteiger partial charge in [-0.1, -0.05) is 26.7 Å². The number of nitrogens with two attached hydrogens (primary N) is 1. The van der Waals surface area contributed by atoms with Gasteiger partial charge in [0.15, 0.2) is 0 Å². The molecule has 0 aromatic carbocycles. The second-order valence-electron chi connectivity index (χ2n) is 5.77. The molecule has 0 spiro atoms. The van der Waals surface area contributed by atoms with E-state index < -0.39 is 0 Å². The number of hydrogen-bond donors (Lipinski definition) is 2. The molecule has 0 bridgehead atoms. The van der Waals surface area contributed by atoms with E-state index in [1.807, 2.05) is 0 Å². The van der Waals surface area contributed by atoms with Crippen molar-refractivity contribution >= 4 is 5.91 Å². The fraction of sp³-hybridized carbons (Fsp3) is 0.933. The topological polar surface area (TPSA) is 64.4 Å². The summed E-state index contributed by atoms with van der Waals surface area (Å²) in [5.74, 6) is 0.132. The van der Waals surface area contributed by atoms with Gasteiger partial charge in [-0.2, -0.15) is 0 Å². The van der Waals surface area contributed by atoms with Crippen LogP contribution in [0.4, 0.5) is 0 Å². The highest BCUT2D eigenvalue weighted by molar-refractivity contribution is 5.83. The summed E-state index contributed by atoms with van der Waals surface area (Å²) in [5.41, 5.74) is 5.55. The molecule has 19 heavy (non-hydrogen) atoms. The van der Waals surface area contributed by atoms with E-state index in [9.17, 15) is 4.79 Å². The van der Waals surface area contributed by atoms with Crippen molar-refractivity contribution in [1.29, 1.82) is 0 Å². The quantitative estimate of drug-likeness (QED) is 0.711.